The summed E-state index contributed by atoms with van der Waals surface area (Å²) in [5.41, 5.74) is 0.876. The minimum absolute atomic E-state index is 0.0895. The Balaban J connectivity index is 1.73. The molecule has 2 aliphatic heterocycles. The van der Waals surface area contributed by atoms with Gasteiger partial charge in [0, 0.05) is 56.6 Å². The molecule has 1 atom stereocenters. The summed E-state index contributed by atoms with van der Waals surface area (Å²) in [5.74, 6) is -0.259. The second-order valence-electron chi connectivity index (χ2n) is 9.54. The maximum Gasteiger partial charge on any atom is 0.407 e. The molecule has 9 nitrogen and oxygen atoms in total. The van der Waals surface area contributed by atoms with E-state index in [4.69, 9.17) is 8.85 Å². The van der Waals surface area contributed by atoms with Gasteiger partial charge in [0.25, 0.3) is 0 Å². The number of carbonyl (C=O) groups is 1. The number of ether oxygens (including phenoxy) is 1. The van der Waals surface area contributed by atoms with Crippen molar-refractivity contribution in [1.29, 1.82) is 0 Å². The quantitative estimate of drug-likeness (QED) is 0.567. The zero-order valence-electron chi connectivity index (χ0n) is 21.6. The topological polar surface area (TPSA) is 99.4 Å². The van der Waals surface area contributed by atoms with Gasteiger partial charge in [-0.05, 0) is 30.7 Å². The van der Waals surface area contributed by atoms with Gasteiger partial charge in [-0.25, -0.2) is 4.79 Å². The Kier molecular flexibility index (Phi) is 5.50. The summed E-state index contributed by atoms with van der Waals surface area (Å²) in [6.45, 7) is 11.2. The van der Waals surface area contributed by atoms with Crippen LogP contribution in [0.2, 0.25) is 0 Å². The summed E-state index contributed by atoms with van der Waals surface area (Å²) in [5, 5.41) is 21.0. The number of rotatable bonds is 4. The maximum absolute atomic E-state index is 11.7. The van der Waals surface area contributed by atoms with Gasteiger partial charge in [0.05, 0.1) is 22.1 Å². The van der Waals surface area contributed by atoms with Crippen LogP contribution in [0.3, 0.4) is 0 Å². The van der Waals surface area contributed by atoms with E-state index in [0.29, 0.717) is 44.3 Å². The van der Waals surface area contributed by atoms with E-state index in [1.54, 1.807) is 11.8 Å². The predicted molar refractivity (Wildman–Crippen MR) is 119 cm³/mol. The lowest BCUT2D eigenvalue weighted by atomic mass is 9.83. The minimum atomic E-state index is -2.79. The van der Waals surface area contributed by atoms with Crippen LogP contribution in [0, 0.1) is 22.5 Å². The van der Waals surface area contributed by atoms with Crippen LogP contribution in [-0.2, 0) is 0 Å². The molecule has 0 saturated carbocycles. The molecule has 1 aromatic carbocycles. The number of amides is 1. The van der Waals surface area contributed by atoms with Gasteiger partial charge in [-0.3, -0.25) is 15.0 Å². The van der Waals surface area contributed by atoms with Crippen LogP contribution in [0.5, 0.6) is 5.75 Å². The Hall–Kier alpha value is -2.55. The molecule has 0 aliphatic carbocycles. The third kappa shape index (κ3) is 4.87. The number of anilines is 1. The molecule has 0 radical (unpaired) electrons. The third-order valence-electron chi connectivity index (χ3n) is 6.56. The molecule has 2 fully saturated rings. The largest absolute Gasteiger partial charge is 0.490 e. The number of aryl methyl sites for hydroxylation is 1. The van der Waals surface area contributed by atoms with Gasteiger partial charge in [0.2, 0.25) is 0 Å². The first-order valence-electron chi connectivity index (χ1n) is 12.1. The molecule has 0 aromatic heterocycles. The number of nitro benzene ring substituents is 1. The molecule has 2 saturated heterocycles. The van der Waals surface area contributed by atoms with Gasteiger partial charge in [-0.2, -0.15) is 0 Å². The molecule has 1 aromatic rings. The highest BCUT2D eigenvalue weighted by Crippen LogP contribution is 2.36. The Morgan fingerprint density at radius 1 is 1.26 bits per heavy atom. The number of hydrogen-bond donors (Lipinski definition) is 1. The molecule has 1 amide bonds. The number of benzene rings is 1. The second kappa shape index (κ2) is 8.90. The Morgan fingerprint density at radius 3 is 2.48 bits per heavy atom. The number of hydrogen-bond acceptors (Lipinski definition) is 6. The van der Waals surface area contributed by atoms with Crippen molar-refractivity contribution in [3.05, 3.63) is 27.8 Å². The summed E-state index contributed by atoms with van der Waals surface area (Å²) in [7, 11) is -2.79. The fraction of sp³-hybridized carbons (Fsp3) is 0.682. The lowest BCUT2D eigenvalue weighted by molar-refractivity contribution is -0.385. The zero-order chi connectivity index (χ0) is 25.4. The minimum Gasteiger partial charge on any atom is -0.490 e. The van der Waals surface area contributed by atoms with E-state index in [9.17, 15) is 20.0 Å². The van der Waals surface area contributed by atoms with Crippen molar-refractivity contribution in [2.75, 3.05) is 44.7 Å². The lowest BCUT2D eigenvalue weighted by Crippen LogP contribution is -2.62. The van der Waals surface area contributed by atoms with Crippen molar-refractivity contribution < 1.29 is 23.7 Å². The number of nitrogens with zero attached hydrogens (tertiary/aromatic N) is 4. The van der Waals surface area contributed by atoms with E-state index in [1.165, 1.54) is 12.1 Å². The van der Waals surface area contributed by atoms with Gasteiger partial charge in [0.15, 0.2) is 5.75 Å². The van der Waals surface area contributed by atoms with Crippen LogP contribution in [-0.4, -0.2) is 77.8 Å². The molecule has 3 rings (SSSR count). The van der Waals surface area contributed by atoms with Crippen molar-refractivity contribution >= 4 is 17.5 Å². The fourth-order valence-corrected chi connectivity index (χ4v) is 4.81. The maximum atomic E-state index is 11.7. The Labute approximate surface area is 187 Å². The van der Waals surface area contributed by atoms with Gasteiger partial charge in [-0.1, -0.05) is 20.8 Å². The van der Waals surface area contributed by atoms with Crippen molar-refractivity contribution in [3.63, 3.8) is 0 Å². The summed E-state index contributed by atoms with van der Waals surface area (Å²) in [4.78, 5) is 28.5. The number of nitro groups is 1. The monoisotopic (exact) mass is 437 g/mol. The second-order valence-corrected chi connectivity index (χ2v) is 9.54. The van der Waals surface area contributed by atoms with Crippen molar-refractivity contribution in [2.24, 2.45) is 5.41 Å². The SMILES string of the molecule is [2H]C([2H])([2H])Oc1cc(N2CCC(N3CCN(C(=O)O)C(C(C)(C)C)C3)CC2)c(C)cc1[N+](=O)[O-]. The molecule has 31 heavy (non-hydrogen) atoms. The van der Waals surface area contributed by atoms with E-state index in [2.05, 4.69) is 30.6 Å². The van der Waals surface area contributed by atoms with E-state index in [1.807, 2.05) is 0 Å². The molecular formula is C22H34N4O5. The van der Waals surface area contributed by atoms with Crippen LogP contribution in [0.25, 0.3) is 0 Å². The number of piperidine rings is 1. The van der Waals surface area contributed by atoms with Crippen LogP contribution in [0.1, 0.15) is 43.3 Å². The molecule has 0 spiro atoms. The highest BCUT2D eigenvalue weighted by atomic mass is 16.6. The molecule has 2 heterocycles. The summed E-state index contributed by atoms with van der Waals surface area (Å²) >= 11 is 0. The lowest BCUT2D eigenvalue weighted by Gasteiger charge is -2.49. The first-order chi connectivity index (χ1) is 15.7. The van der Waals surface area contributed by atoms with E-state index < -0.39 is 18.1 Å². The summed E-state index contributed by atoms with van der Waals surface area (Å²) in [6, 6.07) is 3.05. The molecule has 2 aliphatic rings. The standard InChI is InChI=1S/C22H34N4O5/c1-15-12-18(26(29)30)19(31-5)13-17(15)23-8-6-16(7-9-23)24-10-11-25(21(27)28)20(14-24)22(2,3)4/h12-13,16,20H,6-11,14H2,1-5H3,(H,27,28)/i5D3. The summed E-state index contributed by atoms with van der Waals surface area (Å²) in [6.07, 6.45) is 0.837. The van der Waals surface area contributed by atoms with E-state index in [0.717, 1.165) is 18.5 Å². The zero-order valence-corrected chi connectivity index (χ0v) is 18.6. The average Bonchev–Trinajstić information content (AvgIpc) is 2.72. The van der Waals surface area contributed by atoms with Gasteiger partial charge < -0.3 is 19.6 Å². The highest BCUT2D eigenvalue weighted by Gasteiger charge is 2.40. The number of carboxylic acid groups (broad SMARTS) is 1. The van der Waals surface area contributed by atoms with Crippen molar-refractivity contribution in [1.82, 2.24) is 9.80 Å². The fourth-order valence-electron chi connectivity index (χ4n) is 4.81. The van der Waals surface area contributed by atoms with Gasteiger partial charge in [-0.15, -0.1) is 0 Å². The van der Waals surface area contributed by atoms with Crippen LogP contribution < -0.4 is 9.64 Å². The first kappa shape index (κ1) is 19.2. The number of piperazine rings is 1. The summed E-state index contributed by atoms with van der Waals surface area (Å²) < 4.78 is 27.0. The number of methoxy groups -OCH3 is 1. The highest BCUT2D eigenvalue weighted by molar-refractivity contribution is 5.66. The molecule has 1 unspecified atom stereocenters. The van der Waals surface area contributed by atoms with Gasteiger partial charge >= 0.3 is 11.8 Å². The predicted octanol–water partition coefficient (Wildman–Crippen LogP) is 3.59. The normalized spacial score (nSPS) is 23.1. The average molecular weight is 438 g/mol. The Morgan fingerprint density at radius 2 is 1.94 bits per heavy atom. The molecule has 9 heteroatoms. The van der Waals surface area contributed by atoms with Crippen LogP contribution >= 0.6 is 0 Å². The Bertz CT molecular complexity index is 926. The molecule has 1 N–H and O–H groups in total. The molecular weight excluding hydrogens is 400 g/mol. The van der Waals surface area contributed by atoms with Crippen molar-refractivity contribution in [3.8, 4) is 5.75 Å². The van der Waals surface area contributed by atoms with E-state index >= 15 is 0 Å². The molecule has 0 bridgehead atoms. The first-order valence-corrected chi connectivity index (χ1v) is 10.6. The van der Waals surface area contributed by atoms with Gasteiger partial charge in [0.1, 0.15) is 0 Å². The smallest absolute Gasteiger partial charge is 0.407 e. The molecule has 172 valence electrons. The van der Waals surface area contributed by atoms with Crippen molar-refractivity contribution in [2.45, 2.75) is 52.6 Å². The third-order valence-corrected chi connectivity index (χ3v) is 6.56. The van der Waals surface area contributed by atoms with E-state index in [-0.39, 0.29) is 22.9 Å². The van der Waals surface area contributed by atoms with Crippen LogP contribution in [0.15, 0.2) is 12.1 Å². The van der Waals surface area contributed by atoms with Crippen LogP contribution in [0.4, 0.5) is 16.2 Å².